The second kappa shape index (κ2) is 3.87. The number of ether oxygens (including phenoxy) is 1. The van der Waals surface area contributed by atoms with Crippen molar-refractivity contribution < 1.29 is 30.3 Å². The summed E-state index contributed by atoms with van der Waals surface area (Å²) in [5.41, 5.74) is 0. The maximum absolute atomic E-state index is 9.29. The van der Waals surface area contributed by atoms with Gasteiger partial charge in [0, 0.05) is 7.11 Å². The van der Waals surface area contributed by atoms with E-state index in [2.05, 4.69) is 4.74 Å². The quantitative estimate of drug-likeness (QED) is 0.301. The number of methoxy groups -OCH3 is 1. The molecule has 0 bridgehead atoms. The van der Waals surface area contributed by atoms with Gasteiger partial charge in [-0.2, -0.15) is 0 Å². The molecule has 0 aromatic rings. The summed E-state index contributed by atoms with van der Waals surface area (Å²) in [6, 6.07) is 0. The summed E-state index contributed by atoms with van der Waals surface area (Å²) in [6.45, 7) is 0. The Labute approximate surface area is 75.0 Å². The van der Waals surface area contributed by atoms with E-state index in [-0.39, 0.29) is 0 Å². The fraction of sp³-hybridized carbons (Fsp3) is 1.00. The third-order valence-corrected chi connectivity index (χ3v) is 2.35. The Morgan fingerprint density at radius 1 is 0.692 bits per heavy atom. The molecule has 0 unspecified atom stereocenters. The summed E-state index contributed by atoms with van der Waals surface area (Å²) in [5.74, 6) is 0. The smallest absolute Gasteiger partial charge is 0.114 e. The van der Waals surface area contributed by atoms with Crippen LogP contribution in [-0.2, 0) is 4.74 Å². The van der Waals surface area contributed by atoms with Crippen molar-refractivity contribution in [3.8, 4) is 0 Å². The average molecular weight is 194 g/mol. The number of hydrogen-bond donors (Lipinski definition) is 5. The molecular weight excluding hydrogens is 180 g/mol. The van der Waals surface area contributed by atoms with E-state index in [4.69, 9.17) is 5.11 Å². The molecule has 1 aliphatic rings. The largest absolute Gasteiger partial charge is 0.387 e. The number of aliphatic hydroxyl groups excluding tert-OH is 5. The van der Waals surface area contributed by atoms with Crippen LogP contribution in [0.4, 0.5) is 0 Å². The van der Waals surface area contributed by atoms with Crippen molar-refractivity contribution in [3.05, 3.63) is 0 Å². The number of rotatable bonds is 1. The van der Waals surface area contributed by atoms with Crippen LogP contribution in [0.15, 0.2) is 0 Å². The SMILES string of the molecule is CO[C@H]1[C@@H](O)[C@H](O)[C@H](O)[C@@H](O)[C@@H]1O. The molecule has 78 valence electrons. The van der Waals surface area contributed by atoms with Gasteiger partial charge in [0.15, 0.2) is 0 Å². The molecule has 0 radical (unpaired) electrons. The summed E-state index contributed by atoms with van der Waals surface area (Å²) >= 11 is 0. The van der Waals surface area contributed by atoms with Crippen molar-refractivity contribution >= 4 is 0 Å². The second-order valence-corrected chi connectivity index (χ2v) is 3.15. The van der Waals surface area contributed by atoms with E-state index >= 15 is 0 Å². The Balaban J connectivity index is 2.79. The first-order valence-electron chi connectivity index (χ1n) is 3.93. The lowest BCUT2D eigenvalue weighted by Gasteiger charge is -2.40. The van der Waals surface area contributed by atoms with E-state index in [1.807, 2.05) is 0 Å². The van der Waals surface area contributed by atoms with Crippen molar-refractivity contribution in [3.63, 3.8) is 0 Å². The zero-order valence-corrected chi connectivity index (χ0v) is 7.11. The predicted octanol–water partition coefficient (Wildman–Crippen LogP) is -3.18. The Morgan fingerprint density at radius 2 is 1.00 bits per heavy atom. The third kappa shape index (κ3) is 1.69. The predicted molar refractivity (Wildman–Crippen MR) is 40.8 cm³/mol. The van der Waals surface area contributed by atoms with Gasteiger partial charge in [-0.25, -0.2) is 0 Å². The van der Waals surface area contributed by atoms with E-state index in [0.717, 1.165) is 0 Å². The highest BCUT2D eigenvalue weighted by atomic mass is 16.5. The molecule has 4 atom stereocenters. The molecule has 0 aliphatic heterocycles. The average Bonchev–Trinajstić information content (AvgIpc) is 2.13. The Morgan fingerprint density at radius 3 is 1.31 bits per heavy atom. The maximum atomic E-state index is 9.29. The number of hydrogen-bond acceptors (Lipinski definition) is 6. The van der Waals surface area contributed by atoms with Gasteiger partial charge in [-0.05, 0) is 0 Å². The van der Waals surface area contributed by atoms with Gasteiger partial charge in [-0.15, -0.1) is 0 Å². The molecule has 1 aliphatic carbocycles. The van der Waals surface area contributed by atoms with Crippen molar-refractivity contribution in [2.75, 3.05) is 7.11 Å². The summed E-state index contributed by atoms with van der Waals surface area (Å²) in [4.78, 5) is 0. The highest BCUT2D eigenvalue weighted by molar-refractivity contribution is 4.99. The van der Waals surface area contributed by atoms with Gasteiger partial charge >= 0.3 is 0 Å². The zero-order chi connectivity index (χ0) is 10.2. The zero-order valence-electron chi connectivity index (χ0n) is 7.11. The lowest BCUT2D eigenvalue weighted by Crippen LogP contribution is -2.64. The number of aliphatic hydroxyl groups is 5. The monoisotopic (exact) mass is 194 g/mol. The Kier molecular flexibility index (Phi) is 3.23. The van der Waals surface area contributed by atoms with Gasteiger partial charge in [0.2, 0.25) is 0 Å². The van der Waals surface area contributed by atoms with Crippen molar-refractivity contribution in [1.82, 2.24) is 0 Å². The molecule has 1 rings (SSSR count). The molecule has 0 amide bonds. The summed E-state index contributed by atoms with van der Waals surface area (Å²) in [7, 11) is 1.23. The molecule has 0 spiro atoms. The van der Waals surface area contributed by atoms with Crippen LogP contribution >= 0.6 is 0 Å². The van der Waals surface area contributed by atoms with Crippen molar-refractivity contribution in [2.24, 2.45) is 0 Å². The molecule has 13 heavy (non-hydrogen) atoms. The van der Waals surface area contributed by atoms with Crippen molar-refractivity contribution in [1.29, 1.82) is 0 Å². The fourth-order valence-electron chi connectivity index (χ4n) is 1.48. The van der Waals surface area contributed by atoms with Crippen LogP contribution in [0.1, 0.15) is 0 Å². The first-order valence-corrected chi connectivity index (χ1v) is 3.93. The van der Waals surface area contributed by atoms with E-state index in [9.17, 15) is 20.4 Å². The van der Waals surface area contributed by atoms with Crippen molar-refractivity contribution in [2.45, 2.75) is 36.6 Å². The lowest BCUT2D eigenvalue weighted by atomic mass is 9.85. The van der Waals surface area contributed by atoms with Gasteiger partial charge in [0.1, 0.15) is 36.6 Å². The van der Waals surface area contributed by atoms with Crippen LogP contribution < -0.4 is 0 Å². The third-order valence-electron chi connectivity index (χ3n) is 2.35. The van der Waals surface area contributed by atoms with Crippen LogP contribution in [-0.4, -0.2) is 69.3 Å². The Hall–Kier alpha value is -0.240. The molecule has 6 heteroatoms. The molecule has 6 nitrogen and oxygen atoms in total. The second-order valence-electron chi connectivity index (χ2n) is 3.15. The van der Waals surface area contributed by atoms with E-state index in [1.165, 1.54) is 7.11 Å². The van der Waals surface area contributed by atoms with Crippen LogP contribution in [0, 0.1) is 0 Å². The fourth-order valence-corrected chi connectivity index (χ4v) is 1.48. The molecular formula is C7H14O6. The maximum Gasteiger partial charge on any atom is 0.114 e. The first kappa shape index (κ1) is 10.8. The van der Waals surface area contributed by atoms with Crippen LogP contribution in [0.3, 0.4) is 0 Å². The Bertz CT molecular complexity index is 158. The molecule has 1 fully saturated rings. The molecule has 0 heterocycles. The van der Waals surface area contributed by atoms with Gasteiger partial charge in [-0.1, -0.05) is 0 Å². The molecule has 0 saturated heterocycles. The van der Waals surface area contributed by atoms with Gasteiger partial charge < -0.3 is 30.3 Å². The molecule has 5 N–H and O–H groups in total. The first-order chi connectivity index (χ1) is 6.00. The highest BCUT2D eigenvalue weighted by Crippen LogP contribution is 2.23. The van der Waals surface area contributed by atoms with E-state index in [0.29, 0.717) is 0 Å². The summed E-state index contributed by atoms with van der Waals surface area (Å²) in [6.07, 6.45) is -8.48. The molecule has 0 aromatic carbocycles. The van der Waals surface area contributed by atoms with Crippen LogP contribution in [0.25, 0.3) is 0 Å². The summed E-state index contributed by atoms with van der Waals surface area (Å²) < 4.78 is 4.67. The minimum atomic E-state index is -1.56. The standard InChI is InChI=1S/C7H14O6/c1-13-7-5(11)3(9)2(8)4(10)6(7)12/h2-12H,1H3/t2-,3-,4-,5+,6+,7-/m1/s1. The topological polar surface area (TPSA) is 110 Å². The highest BCUT2D eigenvalue weighted by Gasteiger charge is 2.48. The van der Waals surface area contributed by atoms with E-state index < -0.39 is 36.6 Å². The van der Waals surface area contributed by atoms with Crippen LogP contribution in [0.2, 0.25) is 0 Å². The molecule has 0 aromatic heterocycles. The van der Waals surface area contributed by atoms with Gasteiger partial charge in [0.25, 0.3) is 0 Å². The summed E-state index contributed by atoms with van der Waals surface area (Å²) in [5, 5.41) is 46.1. The van der Waals surface area contributed by atoms with Crippen LogP contribution in [0.5, 0.6) is 0 Å². The minimum absolute atomic E-state index is 1.09. The van der Waals surface area contributed by atoms with Gasteiger partial charge in [-0.3, -0.25) is 0 Å². The van der Waals surface area contributed by atoms with Gasteiger partial charge in [0.05, 0.1) is 0 Å². The normalized spacial score (nSPS) is 52.2. The van der Waals surface area contributed by atoms with E-state index in [1.54, 1.807) is 0 Å². The molecule has 1 saturated carbocycles. The minimum Gasteiger partial charge on any atom is -0.387 e. The lowest BCUT2D eigenvalue weighted by molar-refractivity contribution is -0.229.